The fourth-order valence-corrected chi connectivity index (χ4v) is 6.24. The lowest BCUT2D eigenvalue weighted by molar-refractivity contribution is -0.150. The van der Waals surface area contributed by atoms with Crippen LogP contribution in [0.5, 0.6) is 5.75 Å². The van der Waals surface area contributed by atoms with Crippen LogP contribution in [0, 0.1) is 0 Å². The summed E-state index contributed by atoms with van der Waals surface area (Å²) in [5.74, 6) is -1.47. The van der Waals surface area contributed by atoms with E-state index in [1.54, 1.807) is 61.5 Å². The monoisotopic (exact) mass is 676 g/mol. The number of rotatable bonds is 18. The van der Waals surface area contributed by atoms with Crippen molar-refractivity contribution in [1.82, 2.24) is 10.3 Å². The number of hydrogen-bond donors (Lipinski definition) is 2. The van der Waals surface area contributed by atoms with E-state index in [2.05, 4.69) is 10.3 Å². The van der Waals surface area contributed by atoms with Crippen LogP contribution in [0.2, 0.25) is 0 Å². The van der Waals surface area contributed by atoms with Crippen molar-refractivity contribution in [2.45, 2.75) is 45.6 Å². The molecular formula is C35H37N2O10P. The first kappa shape index (κ1) is 35.8. The Hall–Kier alpha value is -5.06. The summed E-state index contributed by atoms with van der Waals surface area (Å²) in [6.45, 7) is 3.07. The number of nitrogens with zero attached hydrogens (tertiary/aromatic N) is 1. The van der Waals surface area contributed by atoms with Gasteiger partial charge in [-0.25, -0.2) is 14.3 Å². The summed E-state index contributed by atoms with van der Waals surface area (Å²) < 4.78 is 35.6. The smallest absolute Gasteiger partial charge is 0.381 e. The second-order valence-electron chi connectivity index (χ2n) is 10.6. The zero-order valence-electron chi connectivity index (χ0n) is 26.6. The number of carboxylic acid groups (broad SMARTS) is 1. The van der Waals surface area contributed by atoms with Crippen molar-refractivity contribution < 1.29 is 47.1 Å². The van der Waals surface area contributed by atoms with E-state index >= 15 is 0 Å². The molecule has 2 atom stereocenters. The molecule has 1 heterocycles. The maximum atomic E-state index is 13.6. The second kappa shape index (κ2) is 17.2. The molecular weight excluding hydrogens is 639 g/mol. The van der Waals surface area contributed by atoms with Crippen LogP contribution in [0.1, 0.15) is 49.4 Å². The summed E-state index contributed by atoms with van der Waals surface area (Å²) in [6, 6.07) is 24.3. The number of Topliss-reactive ketones (excluding diaryl/α,β-unsaturated/α-hetero) is 1. The van der Waals surface area contributed by atoms with Crippen molar-refractivity contribution >= 4 is 31.2 Å². The molecule has 0 fully saturated rings. The molecule has 0 saturated heterocycles. The predicted molar refractivity (Wildman–Crippen MR) is 177 cm³/mol. The van der Waals surface area contributed by atoms with Crippen LogP contribution < -0.4 is 9.84 Å². The number of aromatic nitrogens is 1. The minimum atomic E-state index is -3.91. The molecule has 0 radical (unpaired) electrons. The third-order valence-electron chi connectivity index (χ3n) is 6.93. The van der Waals surface area contributed by atoms with Crippen LogP contribution >= 0.6 is 7.60 Å². The first-order valence-electron chi connectivity index (χ1n) is 15.4. The fourth-order valence-electron chi connectivity index (χ4n) is 4.60. The first-order valence-corrected chi connectivity index (χ1v) is 17.2. The molecule has 0 aliphatic carbocycles. The molecule has 2 N–H and O–H groups in total. The summed E-state index contributed by atoms with van der Waals surface area (Å²) in [5, 5.41) is 11.7. The van der Waals surface area contributed by atoms with Gasteiger partial charge in [0, 0.05) is 42.5 Å². The largest absolute Gasteiger partial charge is 0.481 e. The predicted octanol–water partition coefficient (Wildman–Crippen LogP) is 6.35. The number of carboxylic acids is 1. The van der Waals surface area contributed by atoms with Gasteiger partial charge in [-0.2, -0.15) is 0 Å². The first-order chi connectivity index (χ1) is 23.1. The van der Waals surface area contributed by atoms with Gasteiger partial charge in [-0.05, 0) is 32.0 Å². The molecule has 4 rings (SSSR count). The number of oxazole rings is 1. The van der Waals surface area contributed by atoms with Gasteiger partial charge in [0.15, 0.2) is 23.5 Å². The Kier molecular flexibility index (Phi) is 12.8. The van der Waals surface area contributed by atoms with E-state index in [9.17, 15) is 23.7 Å². The van der Waals surface area contributed by atoms with Crippen molar-refractivity contribution in [1.29, 1.82) is 0 Å². The standard InChI is InChI=1S/C35H37N2O10P/c1-3-44-35(42)24(2)46-48(43,47-28-15-8-5-9-16-28)22-21-36-30(39)18-17-29(38)26-13-10-14-27(23-26)34-33(25-11-6-4-7-12-25)37-31(45-34)19-20-32(40)41/h4-16,23-24H,3,17-22H2,1-2H3,(H,36,39)(H,40,41)/t24-,48?/m1/s1. The number of carbonyl (C=O) groups is 4. The van der Waals surface area contributed by atoms with Crippen molar-refractivity contribution in [3.8, 4) is 28.3 Å². The van der Waals surface area contributed by atoms with Gasteiger partial charge in [0.25, 0.3) is 0 Å². The average Bonchev–Trinajstić information content (AvgIpc) is 3.52. The number of nitrogens with one attached hydrogen (secondary N) is 1. The summed E-state index contributed by atoms with van der Waals surface area (Å²) in [7, 11) is -3.91. The highest BCUT2D eigenvalue weighted by Crippen LogP contribution is 2.49. The Labute approximate surface area is 278 Å². The molecule has 3 aromatic carbocycles. The van der Waals surface area contributed by atoms with Gasteiger partial charge in [-0.15, -0.1) is 0 Å². The molecule has 1 aromatic heterocycles. The minimum Gasteiger partial charge on any atom is -0.481 e. The molecule has 0 aliphatic heterocycles. The van der Waals surface area contributed by atoms with Gasteiger partial charge < -0.3 is 24.1 Å². The van der Waals surface area contributed by atoms with E-state index in [-0.39, 0.29) is 62.4 Å². The molecule has 0 aliphatic rings. The summed E-state index contributed by atoms with van der Waals surface area (Å²) in [5.41, 5.74) is 2.22. The quantitative estimate of drug-likeness (QED) is 0.0684. The fraction of sp³-hybridized carbons (Fsp3) is 0.286. The minimum absolute atomic E-state index is 0.0971. The van der Waals surface area contributed by atoms with E-state index < -0.39 is 31.5 Å². The molecule has 1 amide bonds. The van der Waals surface area contributed by atoms with E-state index in [0.717, 1.165) is 5.56 Å². The number of esters is 1. The van der Waals surface area contributed by atoms with Crippen molar-refractivity contribution in [2.75, 3.05) is 19.3 Å². The number of aryl methyl sites for hydroxylation is 1. The number of ketones is 1. The van der Waals surface area contributed by atoms with Gasteiger partial charge >= 0.3 is 19.5 Å². The summed E-state index contributed by atoms with van der Waals surface area (Å²) >= 11 is 0. The molecule has 4 aromatic rings. The maximum absolute atomic E-state index is 13.6. The third kappa shape index (κ3) is 10.5. The Balaban J connectivity index is 1.38. The molecule has 48 heavy (non-hydrogen) atoms. The average molecular weight is 677 g/mol. The van der Waals surface area contributed by atoms with Crippen molar-refractivity contribution in [2.24, 2.45) is 0 Å². The highest BCUT2D eigenvalue weighted by atomic mass is 31.2. The number of hydrogen-bond acceptors (Lipinski definition) is 10. The number of amides is 1. The van der Waals surface area contributed by atoms with Crippen molar-refractivity contribution in [3.63, 3.8) is 0 Å². The molecule has 0 spiro atoms. The Morgan fingerprint density at radius 2 is 1.60 bits per heavy atom. The van der Waals surface area contributed by atoms with E-state index in [4.69, 9.17) is 23.3 Å². The van der Waals surface area contributed by atoms with Crippen LogP contribution in [0.4, 0.5) is 0 Å². The third-order valence-corrected chi connectivity index (χ3v) is 8.83. The van der Waals surface area contributed by atoms with Crippen LogP contribution in [0.3, 0.4) is 0 Å². The van der Waals surface area contributed by atoms with Gasteiger partial charge in [-0.1, -0.05) is 66.7 Å². The number of benzene rings is 3. The number of para-hydroxylation sites is 1. The van der Waals surface area contributed by atoms with Crippen LogP contribution in [-0.2, 0) is 34.6 Å². The van der Waals surface area contributed by atoms with Gasteiger partial charge in [-0.3, -0.25) is 18.9 Å². The molecule has 0 saturated carbocycles. The molecule has 0 bridgehead atoms. The Bertz CT molecular complexity index is 1760. The highest BCUT2D eigenvalue weighted by Gasteiger charge is 2.32. The molecule has 1 unspecified atom stereocenters. The number of aliphatic carboxylic acids is 1. The van der Waals surface area contributed by atoms with E-state index in [1.807, 2.05) is 30.3 Å². The lowest BCUT2D eigenvalue weighted by atomic mass is 10.0. The van der Waals surface area contributed by atoms with Gasteiger partial charge in [0.05, 0.1) is 19.2 Å². The topological polar surface area (TPSA) is 171 Å². The highest BCUT2D eigenvalue weighted by molar-refractivity contribution is 7.54. The SMILES string of the molecule is CCOC(=O)[C@@H](C)OP(=O)(CCNC(=O)CCC(=O)c1cccc(-c2oc(CCC(=O)O)nc2-c2ccccc2)c1)Oc1ccccc1. The second-order valence-corrected chi connectivity index (χ2v) is 12.7. The molecule has 252 valence electrons. The van der Waals surface area contributed by atoms with Gasteiger partial charge in [0.1, 0.15) is 11.4 Å². The van der Waals surface area contributed by atoms with Crippen LogP contribution in [0.15, 0.2) is 89.3 Å². The van der Waals surface area contributed by atoms with E-state index in [0.29, 0.717) is 22.6 Å². The normalized spacial score (nSPS) is 12.8. The lowest BCUT2D eigenvalue weighted by Crippen LogP contribution is -2.29. The Morgan fingerprint density at radius 3 is 2.29 bits per heavy atom. The zero-order valence-corrected chi connectivity index (χ0v) is 27.5. The number of ether oxygens (including phenoxy) is 1. The summed E-state index contributed by atoms with van der Waals surface area (Å²) in [6.07, 6.45) is -1.68. The maximum Gasteiger partial charge on any atom is 0.381 e. The van der Waals surface area contributed by atoms with Crippen LogP contribution in [0.25, 0.3) is 22.6 Å². The van der Waals surface area contributed by atoms with Crippen molar-refractivity contribution in [3.05, 3.63) is 96.4 Å². The number of carbonyl (C=O) groups excluding carboxylic acids is 3. The summed E-state index contributed by atoms with van der Waals surface area (Å²) in [4.78, 5) is 53.5. The lowest BCUT2D eigenvalue weighted by Gasteiger charge is -2.22. The molecule has 12 nitrogen and oxygen atoms in total. The van der Waals surface area contributed by atoms with E-state index in [1.165, 1.54) is 6.92 Å². The van der Waals surface area contributed by atoms with Crippen LogP contribution in [-0.4, -0.2) is 59.1 Å². The molecule has 13 heteroatoms. The van der Waals surface area contributed by atoms with Gasteiger partial charge in [0.2, 0.25) is 5.91 Å². The zero-order chi connectivity index (χ0) is 34.5. The Morgan fingerprint density at radius 1 is 0.917 bits per heavy atom.